The number of nitrogens with zero attached hydrogens (tertiary/aromatic N) is 1. The second kappa shape index (κ2) is 5.93. The fourth-order valence-electron chi connectivity index (χ4n) is 3.20. The Morgan fingerprint density at radius 3 is 3.21 bits per heavy atom. The molecule has 0 amide bonds. The molecule has 1 saturated heterocycles. The van der Waals surface area contributed by atoms with Gasteiger partial charge in [-0.25, -0.2) is 0 Å². The molecule has 2 aliphatic rings. The third-order valence-corrected chi connectivity index (χ3v) is 4.16. The third-order valence-electron chi connectivity index (χ3n) is 4.16. The maximum absolute atomic E-state index is 5.67. The van der Waals surface area contributed by atoms with Crippen LogP contribution in [0.5, 0.6) is 5.75 Å². The summed E-state index contributed by atoms with van der Waals surface area (Å²) in [6.07, 6.45) is 3.64. The van der Waals surface area contributed by atoms with Crippen molar-refractivity contribution in [3.63, 3.8) is 0 Å². The van der Waals surface area contributed by atoms with Gasteiger partial charge in [0.05, 0.1) is 6.61 Å². The van der Waals surface area contributed by atoms with Gasteiger partial charge in [-0.1, -0.05) is 12.1 Å². The summed E-state index contributed by atoms with van der Waals surface area (Å²) < 4.78 is 5.67. The van der Waals surface area contributed by atoms with E-state index in [1.54, 1.807) is 0 Å². The van der Waals surface area contributed by atoms with Crippen LogP contribution in [0.1, 0.15) is 24.0 Å². The molecule has 1 unspecified atom stereocenters. The Hall–Kier alpha value is -1.06. The highest BCUT2D eigenvalue weighted by Gasteiger charge is 2.17. The number of ether oxygens (including phenoxy) is 1. The van der Waals surface area contributed by atoms with Crippen molar-refractivity contribution in [1.29, 1.82) is 0 Å². The van der Waals surface area contributed by atoms with Crippen molar-refractivity contribution in [2.45, 2.75) is 25.8 Å². The predicted molar refractivity (Wildman–Crippen MR) is 77.6 cm³/mol. The van der Waals surface area contributed by atoms with Crippen molar-refractivity contribution < 1.29 is 4.74 Å². The fraction of sp³-hybridized carbons (Fsp3) is 0.625. The third kappa shape index (κ3) is 3.28. The monoisotopic (exact) mass is 260 g/mol. The van der Waals surface area contributed by atoms with E-state index in [0.717, 1.165) is 31.2 Å². The van der Waals surface area contributed by atoms with Gasteiger partial charge in [0.25, 0.3) is 0 Å². The Kier molecular flexibility index (Phi) is 4.04. The van der Waals surface area contributed by atoms with Gasteiger partial charge in [0, 0.05) is 13.1 Å². The van der Waals surface area contributed by atoms with Gasteiger partial charge in [-0.05, 0) is 62.5 Å². The highest BCUT2D eigenvalue weighted by Crippen LogP contribution is 2.26. The molecule has 19 heavy (non-hydrogen) atoms. The van der Waals surface area contributed by atoms with Gasteiger partial charge in [-0.15, -0.1) is 0 Å². The molecule has 0 radical (unpaired) electrons. The highest BCUT2D eigenvalue weighted by molar-refractivity contribution is 5.38. The number of benzene rings is 1. The summed E-state index contributed by atoms with van der Waals surface area (Å²) in [5.41, 5.74) is 2.80. The van der Waals surface area contributed by atoms with Crippen molar-refractivity contribution in [2.75, 3.05) is 33.3 Å². The minimum Gasteiger partial charge on any atom is -0.493 e. The molecular weight excluding hydrogens is 236 g/mol. The van der Waals surface area contributed by atoms with Gasteiger partial charge < -0.3 is 15.0 Å². The SMILES string of the molecule is CN(Cc1ccc2c(c1)CCCO2)CC1CCNC1. The maximum Gasteiger partial charge on any atom is 0.122 e. The quantitative estimate of drug-likeness (QED) is 0.897. The summed E-state index contributed by atoms with van der Waals surface area (Å²) in [6.45, 7) is 5.49. The van der Waals surface area contributed by atoms with Crippen molar-refractivity contribution in [1.82, 2.24) is 10.2 Å². The first-order valence-electron chi connectivity index (χ1n) is 7.45. The average molecular weight is 260 g/mol. The minimum atomic E-state index is 0.825. The Morgan fingerprint density at radius 1 is 1.42 bits per heavy atom. The fourth-order valence-corrected chi connectivity index (χ4v) is 3.20. The molecule has 1 N–H and O–H groups in total. The molecule has 0 bridgehead atoms. The highest BCUT2D eigenvalue weighted by atomic mass is 16.5. The number of rotatable bonds is 4. The number of hydrogen-bond donors (Lipinski definition) is 1. The molecule has 0 saturated carbocycles. The first kappa shape index (κ1) is 12.9. The summed E-state index contributed by atoms with van der Waals surface area (Å²) in [5.74, 6) is 1.92. The van der Waals surface area contributed by atoms with E-state index in [4.69, 9.17) is 4.74 Å². The van der Waals surface area contributed by atoms with Crippen LogP contribution in [-0.2, 0) is 13.0 Å². The van der Waals surface area contributed by atoms with Crippen molar-refractivity contribution in [2.24, 2.45) is 5.92 Å². The van der Waals surface area contributed by atoms with Crippen LogP contribution < -0.4 is 10.1 Å². The van der Waals surface area contributed by atoms with Gasteiger partial charge >= 0.3 is 0 Å². The van der Waals surface area contributed by atoms with Gasteiger partial charge in [0.2, 0.25) is 0 Å². The normalized spacial score (nSPS) is 22.3. The van der Waals surface area contributed by atoms with E-state index in [1.807, 2.05) is 0 Å². The summed E-state index contributed by atoms with van der Waals surface area (Å²) in [6, 6.07) is 6.69. The lowest BCUT2D eigenvalue weighted by Gasteiger charge is -2.22. The van der Waals surface area contributed by atoms with Gasteiger partial charge in [-0.2, -0.15) is 0 Å². The van der Waals surface area contributed by atoms with E-state index >= 15 is 0 Å². The molecule has 1 atom stereocenters. The van der Waals surface area contributed by atoms with Crippen LogP contribution in [0.15, 0.2) is 18.2 Å². The molecule has 1 aromatic carbocycles. The number of hydrogen-bond acceptors (Lipinski definition) is 3. The molecule has 104 valence electrons. The Bertz CT molecular complexity index is 427. The zero-order chi connectivity index (χ0) is 13.1. The van der Waals surface area contributed by atoms with E-state index in [-0.39, 0.29) is 0 Å². The number of fused-ring (bicyclic) bond motifs is 1. The van der Waals surface area contributed by atoms with E-state index < -0.39 is 0 Å². The molecule has 0 aromatic heterocycles. The summed E-state index contributed by atoms with van der Waals surface area (Å²) in [4.78, 5) is 2.45. The predicted octanol–water partition coefficient (Wildman–Crippen LogP) is 2.05. The van der Waals surface area contributed by atoms with E-state index in [2.05, 4.69) is 35.5 Å². The summed E-state index contributed by atoms with van der Waals surface area (Å²) in [5, 5.41) is 3.44. The molecular formula is C16H24N2O. The number of nitrogens with one attached hydrogen (secondary N) is 1. The van der Waals surface area contributed by atoms with Crippen LogP contribution in [0, 0.1) is 5.92 Å². The lowest BCUT2D eigenvalue weighted by atomic mass is 10.0. The molecule has 0 spiro atoms. The van der Waals surface area contributed by atoms with Gasteiger partial charge in [0.15, 0.2) is 0 Å². The number of aryl methyl sites for hydroxylation is 1. The van der Waals surface area contributed by atoms with Gasteiger partial charge in [0.1, 0.15) is 5.75 Å². The molecule has 0 aliphatic carbocycles. The topological polar surface area (TPSA) is 24.5 Å². The average Bonchev–Trinajstić information content (AvgIpc) is 2.91. The smallest absolute Gasteiger partial charge is 0.122 e. The first-order valence-corrected chi connectivity index (χ1v) is 7.45. The van der Waals surface area contributed by atoms with Gasteiger partial charge in [-0.3, -0.25) is 0 Å². The standard InChI is InChI=1S/C16H24N2O/c1-18(12-14-6-7-17-10-14)11-13-4-5-16-15(9-13)3-2-8-19-16/h4-5,9,14,17H,2-3,6-8,10-12H2,1H3. The molecule has 2 heterocycles. The molecule has 3 nitrogen and oxygen atoms in total. The Morgan fingerprint density at radius 2 is 2.37 bits per heavy atom. The summed E-state index contributed by atoms with van der Waals surface area (Å²) in [7, 11) is 2.23. The molecule has 3 rings (SSSR count). The summed E-state index contributed by atoms with van der Waals surface area (Å²) >= 11 is 0. The van der Waals surface area contributed by atoms with Crippen molar-refractivity contribution in [3.8, 4) is 5.75 Å². The molecule has 2 aliphatic heterocycles. The lowest BCUT2D eigenvalue weighted by molar-refractivity contribution is 0.275. The van der Waals surface area contributed by atoms with Crippen LogP contribution >= 0.6 is 0 Å². The zero-order valence-electron chi connectivity index (χ0n) is 11.8. The largest absolute Gasteiger partial charge is 0.493 e. The minimum absolute atomic E-state index is 0.825. The van der Waals surface area contributed by atoms with E-state index in [9.17, 15) is 0 Å². The second-order valence-corrected chi connectivity index (χ2v) is 5.95. The second-order valence-electron chi connectivity index (χ2n) is 5.95. The Balaban J connectivity index is 1.59. The molecule has 1 aromatic rings. The Labute approximate surface area is 115 Å². The maximum atomic E-state index is 5.67. The van der Waals surface area contributed by atoms with Crippen LogP contribution in [-0.4, -0.2) is 38.2 Å². The first-order chi connectivity index (χ1) is 9.31. The zero-order valence-corrected chi connectivity index (χ0v) is 11.8. The van der Waals surface area contributed by atoms with Crippen LogP contribution in [0.3, 0.4) is 0 Å². The van der Waals surface area contributed by atoms with Crippen LogP contribution in [0.25, 0.3) is 0 Å². The van der Waals surface area contributed by atoms with Crippen LogP contribution in [0.2, 0.25) is 0 Å². The van der Waals surface area contributed by atoms with Crippen molar-refractivity contribution in [3.05, 3.63) is 29.3 Å². The lowest BCUT2D eigenvalue weighted by Crippen LogP contribution is -2.26. The van der Waals surface area contributed by atoms with Crippen LogP contribution in [0.4, 0.5) is 0 Å². The molecule has 3 heteroatoms. The van der Waals surface area contributed by atoms with Crippen molar-refractivity contribution >= 4 is 0 Å². The van der Waals surface area contributed by atoms with E-state index in [1.165, 1.54) is 43.6 Å². The van der Waals surface area contributed by atoms with E-state index in [0.29, 0.717) is 0 Å². The molecule has 1 fully saturated rings.